The minimum absolute atomic E-state index is 0.0304. The van der Waals surface area contributed by atoms with Gasteiger partial charge < -0.3 is 10.1 Å². The first-order chi connectivity index (χ1) is 12.5. The third kappa shape index (κ3) is 4.93. The number of ether oxygens (including phenoxy) is 1. The van der Waals surface area contributed by atoms with E-state index >= 15 is 0 Å². The molecule has 1 fully saturated rings. The number of hydrogen-bond acceptors (Lipinski definition) is 3. The molecule has 1 amide bonds. The van der Waals surface area contributed by atoms with Crippen molar-refractivity contribution in [2.75, 3.05) is 13.1 Å². The molecule has 1 heterocycles. The van der Waals surface area contributed by atoms with Gasteiger partial charge in [-0.25, -0.2) is 0 Å². The molecule has 26 heavy (non-hydrogen) atoms. The minimum atomic E-state index is -0.0304. The van der Waals surface area contributed by atoms with Crippen LogP contribution < -0.4 is 5.32 Å². The highest BCUT2D eigenvalue weighted by molar-refractivity contribution is 5.94. The summed E-state index contributed by atoms with van der Waals surface area (Å²) in [5.74, 6) is -0.0304. The SMILES string of the molecule is Cc1cccc(C(=O)NCc2ccccc2CN2C[C@@H](C)O[C@H](C)C2)c1. The lowest BCUT2D eigenvalue weighted by molar-refractivity contribution is -0.0705. The van der Waals surface area contributed by atoms with Crippen molar-refractivity contribution in [1.29, 1.82) is 0 Å². The predicted octanol–water partition coefficient (Wildman–Crippen LogP) is 3.53. The Morgan fingerprint density at radius 1 is 1.08 bits per heavy atom. The molecule has 0 spiro atoms. The van der Waals surface area contributed by atoms with Gasteiger partial charge in [0, 0.05) is 31.7 Å². The molecule has 1 saturated heterocycles. The fourth-order valence-corrected chi connectivity index (χ4v) is 3.60. The largest absolute Gasteiger partial charge is 0.373 e. The van der Waals surface area contributed by atoms with E-state index in [9.17, 15) is 4.79 Å². The lowest BCUT2D eigenvalue weighted by Crippen LogP contribution is -2.45. The van der Waals surface area contributed by atoms with Gasteiger partial charge in [-0.15, -0.1) is 0 Å². The summed E-state index contributed by atoms with van der Waals surface area (Å²) in [5, 5.41) is 3.06. The molecule has 0 radical (unpaired) electrons. The third-order valence-corrected chi connectivity index (χ3v) is 4.73. The lowest BCUT2D eigenvalue weighted by atomic mass is 10.1. The number of carbonyl (C=O) groups excluding carboxylic acids is 1. The summed E-state index contributed by atoms with van der Waals surface area (Å²) in [4.78, 5) is 14.9. The number of hydrogen-bond donors (Lipinski definition) is 1. The molecule has 4 heteroatoms. The van der Waals surface area contributed by atoms with Crippen LogP contribution in [0.5, 0.6) is 0 Å². The number of nitrogens with zero attached hydrogens (tertiary/aromatic N) is 1. The Bertz CT molecular complexity index is 749. The maximum Gasteiger partial charge on any atom is 0.251 e. The standard InChI is InChI=1S/C22H28N2O2/c1-16-7-6-10-19(11-16)22(25)23-12-20-8-4-5-9-21(20)15-24-13-17(2)26-18(3)14-24/h4-11,17-18H,12-15H2,1-3H3,(H,23,25)/t17-,18-/m1/s1. The molecule has 0 aromatic heterocycles. The maximum atomic E-state index is 12.4. The van der Waals surface area contributed by atoms with Crippen LogP contribution in [-0.4, -0.2) is 36.1 Å². The van der Waals surface area contributed by atoms with Gasteiger partial charge in [-0.3, -0.25) is 9.69 Å². The van der Waals surface area contributed by atoms with Gasteiger partial charge in [-0.2, -0.15) is 0 Å². The Balaban J connectivity index is 1.64. The van der Waals surface area contributed by atoms with Gasteiger partial charge in [0.2, 0.25) is 0 Å². The van der Waals surface area contributed by atoms with Crippen LogP contribution in [0.1, 0.15) is 40.9 Å². The van der Waals surface area contributed by atoms with Crippen LogP contribution in [-0.2, 0) is 17.8 Å². The average Bonchev–Trinajstić information content (AvgIpc) is 2.60. The molecule has 1 N–H and O–H groups in total. The number of benzene rings is 2. The molecular weight excluding hydrogens is 324 g/mol. The first-order valence-electron chi connectivity index (χ1n) is 9.30. The van der Waals surface area contributed by atoms with Gasteiger partial charge in [0.25, 0.3) is 5.91 Å². The molecule has 2 aromatic carbocycles. The van der Waals surface area contributed by atoms with E-state index in [0.29, 0.717) is 12.1 Å². The highest BCUT2D eigenvalue weighted by Crippen LogP contribution is 2.17. The molecule has 3 rings (SSSR count). The van der Waals surface area contributed by atoms with Crippen molar-refractivity contribution < 1.29 is 9.53 Å². The van der Waals surface area contributed by atoms with Gasteiger partial charge in [0.15, 0.2) is 0 Å². The molecular formula is C22H28N2O2. The molecule has 0 bridgehead atoms. The molecule has 0 saturated carbocycles. The average molecular weight is 352 g/mol. The second kappa shape index (κ2) is 8.47. The number of carbonyl (C=O) groups is 1. The fraction of sp³-hybridized carbons (Fsp3) is 0.409. The van der Waals surface area contributed by atoms with Crippen LogP contribution in [0.3, 0.4) is 0 Å². The third-order valence-electron chi connectivity index (χ3n) is 4.73. The summed E-state index contributed by atoms with van der Waals surface area (Å²) in [5.41, 5.74) is 4.23. The van der Waals surface area contributed by atoms with E-state index < -0.39 is 0 Å². The lowest BCUT2D eigenvalue weighted by Gasteiger charge is -2.35. The van der Waals surface area contributed by atoms with E-state index in [1.807, 2.05) is 37.3 Å². The maximum absolute atomic E-state index is 12.4. The van der Waals surface area contributed by atoms with Crippen molar-refractivity contribution in [3.8, 4) is 0 Å². The van der Waals surface area contributed by atoms with E-state index in [-0.39, 0.29) is 18.1 Å². The summed E-state index contributed by atoms with van der Waals surface area (Å²) < 4.78 is 5.82. The van der Waals surface area contributed by atoms with E-state index in [4.69, 9.17) is 4.74 Å². The van der Waals surface area contributed by atoms with E-state index in [1.165, 1.54) is 11.1 Å². The molecule has 2 aromatic rings. The summed E-state index contributed by atoms with van der Waals surface area (Å²) in [7, 11) is 0. The van der Waals surface area contributed by atoms with Crippen molar-refractivity contribution in [3.63, 3.8) is 0 Å². The summed E-state index contributed by atoms with van der Waals surface area (Å²) in [6.07, 6.45) is 0.513. The molecule has 1 aliphatic heterocycles. The smallest absolute Gasteiger partial charge is 0.251 e. The van der Waals surface area contributed by atoms with Gasteiger partial charge in [0.05, 0.1) is 12.2 Å². The Labute approximate surface area is 156 Å². The van der Waals surface area contributed by atoms with E-state index in [2.05, 4.69) is 42.3 Å². The van der Waals surface area contributed by atoms with Crippen molar-refractivity contribution >= 4 is 5.91 Å². The van der Waals surface area contributed by atoms with Crippen LogP contribution in [0.4, 0.5) is 0 Å². The minimum Gasteiger partial charge on any atom is -0.373 e. The fourth-order valence-electron chi connectivity index (χ4n) is 3.60. The molecule has 4 nitrogen and oxygen atoms in total. The summed E-state index contributed by atoms with van der Waals surface area (Å²) in [6, 6.07) is 16.0. The Morgan fingerprint density at radius 3 is 2.46 bits per heavy atom. The number of aryl methyl sites for hydroxylation is 1. The predicted molar refractivity (Wildman–Crippen MR) is 104 cm³/mol. The zero-order valence-electron chi connectivity index (χ0n) is 15.9. The van der Waals surface area contributed by atoms with Crippen LogP contribution in [0.2, 0.25) is 0 Å². The molecule has 0 unspecified atom stereocenters. The summed E-state index contributed by atoms with van der Waals surface area (Å²) >= 11 is 0. The Kier molecular flexibility index (Phi) is 6.07. The number of morpholine rings is 1. The number of rotatable bonds is 5. The first kappa shape index (κ1) is 18.6. The van der Waals surface area contributed by atoms with Crippen molar-refractivity contribution in [2.24, 2.45) is 0 Å². The molecule has 1 aliphatic rings. The zero-order valence-corrected chi connectivity index (χ0v) is 15.9. The number of nitrogens with one attached hydrogen (secondary N) is 1. The highest BCUT2D eigenvalue weighted by Gasteiger charge is 2.22. The highest BCUT2D eigenvalue weighted by atomic mass is 16.5. The van der Waals surface area contributed by atoms with E-state index in [0.717, 1.165) is 25.2 Å². The Hall–Kier alpha value is -2.17. The molecule has 2 atom stereocenters. The van der Waals surface area contributed by atoms with Crippen molar-refractivity contribution in [2.45, 2.75) is 46.1 Å². The second-order valence-electron chi connectivity index (χ2n) is 7.27. The topological polar surface area (TPSA) is 41.6 Å². The van der Waals surface area contributed by atoms with Crippen LogP contribution in [0, 0.1) is 6.92 Å². The first-order valence-corrected chi connectivity index (χ1v) is 9.30. The van der Waals surface area contributed by atoms with Gasteiger partial charge in [-0.1, -0.05) is 42.0 Å². The van der Waals surface area contributed by atoms with Crippen LogP contribution >= 0.6 is 0 Å². The summed E-state index contributed by atoms with van der Waals surface area (Å²) in [6.45, 7) is 9.54. The Morgan fingerprint density at radius 2 is 1.77 bits per heavy atom. The van der Waals surface area contributed by atoms with E-state index in [1.54, 1.807) is 0 Å². The van der Waals surface area contributed by atoms with Gasteiger partial charge in [-0.05, 0) is 44.0 Å². The number of amides is 1. The quantitative estimate of drug-likeness (QED) is 0.895. The normalized spacial score (nSPS) is 20.7. The van der Waals surface area contributed by atoms with Crippen molar-refractivity contribution in [1.82, 2.24) is 10.2 Å². The zero-order chi connectivity index (χ0) is 18.5. The van der Waals surface area contributed by atoms with Crippen molar-refractivity contribution in [3.05, 3.63) is 70.8 Å². The monoisotopic (exact) mass is 352 g/mol. The van der Waals surface area contributed by atoms with Gasteiger partial charge >= 0.3 is 0 Å². The second-order valence-corrected chi connectivity index (χ2v) is 7.27. The van der Waals surface area contributed by atoms with Gasteiger partial charge in [0.1, 0.15) is 0 Å². The van der Waals surface area contributed by atoms with Crippen LogP contribution in [0.15, 0.2) is 48.5 Å². The molecule has 0 aliphatic carbocycles. The molecule has 138 valence electrons. The van der Waals surface area contributed by atoms with Crippen LogP contribution in [0.25, 0.3) is 0 Å².